The minimum atomic E-state index is 0.446. The second-order valence-electron chi connectivity index (χ2n) is 42.0. The number of hydrogen-bond acceptors (Lipinski definition) is 16. The van der Waals surface area contributed by atoms with Gasteiger partial charge in [-0.05, 0) is 338 Å². The molecule has 13 aromatic rings. The fourth-order valence-electron chi connectivity index (χ4n) is 18.3. The fourth-order valence-corrected chi connectivity index (χ4v) is 22.6. The van der Waals surface area contributed by atoms with Gasteiger partial charge in [-0.2, -0.15) is 5.10 Å². The van der Waals surface area contributed by atoms with Crippen molar-refractivity contribution in [3.8, 4) is 0 Å². The molecular formula is C118H197N13O4S4. The minimum Gasteiger partial charge on any atom is -0.466 e. The number of thiazole rings is 2. The van der Waals surface area contributed by atoms with Crippen LogP contribution in [0.4, 0.5) is 0 Å². The summed E-state index contributed by atoms with van der Waals surface area (Å²) in [5.41, 5.74) is 36.0. The lowest BCUT2D eigenvalue weighted by Gasteiger charge is -2.09. The van der Waals surface area contributed by atoms with Gasteiger partial charge in [-0.25, -0.2) is 24.9 Å². The minimum absolute atomic E-state index is 0.446. The number of rotatable bonds is 13. The van der Waals surface area contributed by atoms with Crippen LogP contribution in [0, 0.1) is 215 Å². The van der Waals surface area contributed by atoms with Crippen LogP contribution in [-0.2, 0) is 28.2 Å². The van der Waals surface area contributed by atoms with Gasteiger partial charge < -0.3 is 31.8 Å². The summed E-state index contributed by atoms with van der Waals surface area (Å²) in [5, 5.41) is 14.6. The molecule has 1 N–H and O–H groups in total. The first-order valence-corrected chi connectivity index (χ1v) is 54.2. The highest BCUT2D eigenvalue weighted by molar-refractivity contribution is 7.13. The Morgan fingerprint density at radius 2 is 0.719 bits per heavy atom. The second kappa shape index (κ2) is 58.5. The summed E-state index contributed by atoms with van der Waals surface area (Å²) in [4.78, 5) is 33.5. The Hall–Kier alpha value is -8.24. The molecule has 17 nitrogen and oxygen atoms in total. The predicted molar refractivity (Wildman–Crippen MR) is 607 cm³/mol. The van der Waals surface area contributed by atoms with Gasteiger partial charge >= 0.3 is 0 Å². The van der Waals surface area contributed by atoms with Crippen molar-refractivity contribution in [1.29, 1.82) is 0 Å². The van der Waals surface area contributed by atoms with E-state index in [2.05, 4.69) is 401 Å². The summed E-state index contributed by atoms with van der Waals surface area (Å²) in [6, 6.07) is 0. The van der Waals surface area contributed by atoms with Crippen molar-refractivity contribution in [2.45, 2.75) is 472 Å². The molecule has 0 fully saturated rings. The zero-order chi connectivity index (χ0) is 108. The predicted octanol–water partition coefficient (Wildman–Crippen LogP) is 36.6. The number of thiophene rings is 2. The van der Waals surface area contributed by atoms with Crippen LogP contribution in [0.25, 0.3) is 0 Å². The number of imidazole rings is 1. The first-order chi connectivity index (χ1) is 63.8. The van der Waals surface area contributed by atoms with Crippen LogP contribution in [0.15, 0.2) is 17.7 Å². The average molecular weight is 1990 g/mol. The summed E-state index contributed by atoms with van der Waals surface area (Å²) < 4.78 is 30.1. The molecule has 139 heavy (non-hydrogen) atoms. The first-order valence-electron chi connectivity index (χ1n) is 50.9. The summed E-state index contributed by atoms with van der Waals surface area (Å²) in [5.74, 6) is 16.3. The molecule has 0 saturated heterocycles. The molecular weight excluding hydrogens is 1790 g/mol. The highest BCUT2D eigenvalue weighted by Gasteiger charge is 2.22. The van der Waals surface area contributed by atoms with Gasteiger partial charge in [-0.15, -0.1) is 50.4 Å². The van der Waals surface area contributed by atoms with Crippen LogP contribution in [0.3, 0.4) is 0 Å². The zero-order valence-corrected chi connectivity index (χ0v) is 103. The van der Waals surface area contributed by atoms with Gasteiger partial charge in [0.2, 0.25) is 0 Å². The van der Waals surface area contributed by atoms with Crippen LogP contribution < -0.4 is 0 Å². The largest absolute Gasteiger partial charge is 0.466 e. The summed E-state index contributed by atoms with van der Waals surface area (Å²) in [7, 11) is 8.22. The molecule has 13 heterocycles. The number of oxazole rings is 2. The SMILES string of the molecule is Cc1c(C(C)C)c(C)n(C)c1C.Cc1c(C)c(C(C)C)n(C)c1C.Cc1nc(C(C)C)c(C)[nH]1.Cc1nc(C(C)C)c(C)o1.Cc1nc(C(C)C)c(C)s1.Cc1nc(C)c(C(C)C)o1.Cc1nc(C)c(C(C)C)s1.Cc1nn(C)c(C)c1C(C)C.Cc1nnn(C)c1C(C)C.Cc1oc(C(C)C)c(C)c1C.Cc1oc(C)c(C(C)C)c1C.Cc1sc(C(C)C)c(C)c1C.Cc1sc(C)c(C(C)C)c1C. The van der Waals surface area contributed by atoms with Crippen molar-refractivity contribution in [2.24, 2.45) is 28.2 Å². The molecule has 0 aliphatic rings. The number of aromatic nitrogens is 13. The Balaban J connectivity index is 0.000000753. The molecule has 0 amide bonds. The van der Waals surface area contributed by atoms with E-state index in [0.717, 1.165) is 69.2 Å². The van der Waals surface area contributed by atoms with E-state index >= 15 is 0 Å². The number of furan rings is 2. The molecule has 0 radical (unpaired) electrons. The lowest BCUT2D eigenvalue weighted by atomic mass is 9.99. The average Bonchev–Trinajstić information content (AvgIpc) is 1.65. The number of H-pyrrole nitrogens is 1. The number of nitrogens with one attached hydrogen (secondary N) is 1. The molecule has 0 saturated carbocycles. The summed E-state index contributed by atoms with van der Waals surface area (Å²) >= 11 is 7.47. The van der Waals surface area contributed by atoms with Crippen molar-refractivity contribution in [1.82, 2.24) is 63.8 Å². The third-order valence-corrected chi connectivity index (χ3v) is 31.0. The quantitative estimate of drug-likeness (QED) is 0.115. The van der Waals surface area contributed by atoms with Crippen LogP contribution in [0.2, 0.25) is 0 Å². The van der Waals surface area contributed by atoms with Gasteiger partial charge in [-0.3, -0.25) is 9.36 Å². The number of hydrogen-bond donors (Lipinski definition) is 1. The highest BCUT2D eigenvalue weighted by atomic mass is 32.1. The smallest absolute Gasteiger partial charge is 0.191 e. The standard InChI is InChI=1S/2C11H19N.2C10H16O.2C10H16S.C9H16N2.C8H14N2.2C8H13NO.2C8H13NS.C7H13N3/c1-7(2)11-8(3)9(4)12(6)10(11)5;1-7(2)11-9(4)8(3)10(5)12(11)6;1-6(2)10-7(3)8(4)11-9(10)5;1-6(2)10-8(4)7(3)9(5)11-10;1-6(2)10-7(3)8(4)11-9(10)5;1-6(2)10-8(4)7(3)9(5)11-10;1-6(2)9-7(3)10-11(5)8(9)4;1-5(2)8-6(3)9-7(4)10-8;1-5(2)8-6(3)10-7(4)9-8;1-5(2)8-6(3)9-7(4)10-8;1-5(2)8-6(3)10-7(4)9-8;1-5(2)8-6(3)9-7(4)10-8;1-5(2)7-6(3)8-9-10(7)4/h2*7H,1-6H3;5*6H,1-5H3;5H,1-4H3,(H,9,10);5*5H,1-4H3. The maximum absolute atomic E-state index is 5.61. The van der Waals surface area contributed by atoms with Gasteiger partial charge in [0.15, 0.2) is 11.8 Å². The van der Waals surface area contributed by atoms with E-state index in [4.69, 9.17) is 17.7 Å². The Kier molecular flexibility index (Phi) is 54.2. The van der Waals surface area contributed by atoms with E-state index in [-0.39, 0.29) is 0 Å². The Bertz CT molecular complexity index is 5240. The van der Waals surface area contributed by atoms with E-state index in [1.54, 1.807) is 21.8 Å². The van der Waals surface area contributed by atoms with Gasteiger partial charge in [0.05, 0.1) is 55.6 Å². The van der Waals surface area contributed by atoms with E-state index in [1.807, 2.05) is 120 Å². The maximum Gasteiger partial charge on any atom is 0.191 e. The summed E-state index contributed by atoms with van der Waals surface area (Å²) in [6.07, 6.45) is 0. The third kappa shape index (κ3) is 37.8. The maximum atomic E-state index is 5.61. The van der Waals surface area contributed by atoms with Crippen LogP contribution >= 0.6 is 45.3 Å². The van der Waals surface area contributed by atoms with Crippen LogP contribution in [-0.4, -0.2) is 63.8 Å². The van der Waals surface area contributed by atoms with E-state index in [9.17, 15) is 0 Å². The molecule has 0 spiro atoms. The van der Waals surface area contributed by atoms with Gasteiger partial charge in [-0.1, -0.05) is 185 Å². The Morgan fingerprint density at radius 3 is 0.906 bits per heavy atom. The molecule has 13 aromatic heterocycles. The van der Waals surface area contributed by atoms with Gasteiger partial charge in [0.1, 0.15) is 40.4 Å². The molecule has 13 rings (SSSR count). The van der Waals surface area contributed by atoms with Crippen LogP contribution in [0.1, 0.15) is 500 Å². The second-order valence-corrected chi connectivity index (χ2v) is 47.4. The van der Waals surface area contributed by atoms with Crippen molar-refractivity contribution < 1.29 is 17.7 Å². The fraction of sp³-hybridized carbons (Fsp3) is 0.627. The van der Waals surface area contributed by atoms with E-state index < -0.39 is 0 Å². The van der Waals surface area contributed by atoms with Gasteiger partial charge in [0, 0.05) is 117 Å². The van der Waals surface area contributed by atoms with Crippen LogP contribution in [0.5, 0.6) is 0 Å². The monoisotopic (exact) mass is 1990 g/mol. The topological polar surface area (TPSA) is 191 Å². The highest BCUT2D eigenvalue weighted by Crippen LogP contribution is 2.37. The molecule has 0 aliphatic carbocycles. The molecule has 0 aromatic carbocycles. The van der Waals surface area contributed by atoms with E-state index in [0.29, 0.717) is 76.9 Å². The third-order valence-electron chi connectivity index (χ3n) is 25.9. The van der Waals surface area contributed by atoms with Crippen molar-refractivity contribution in [3.05, 3.63) is 243 Å². The molecule has 782 valence electrons. The van der Waals surface area contributed by atoms with E-state index in [1.165, 1.54) is 164 Å². The molecule has 0 aliphatic heterocycles. The molecule has 21 heteroatoms. The molecule has 0 bridgehead atoms. The normalized spacial score (nSPS) is 11.0. The number of aromatic amines is 1. The zero-order valence-electron chi connectivity index (χ0n) is 99.6. The van der Waals surface area contributed by atoms with Crippen molar-refractivity contribution in [2.75, 3.05) is 0 Å². The molecule has 0 atom stereocenters. The first kappa shape index (κ1) is 129. The Labute approximate surface area is 863 Å². The number of nitrogens with zero attached hydrogens (tertiary/aromatic N) is 12. The Morgan fingerprint density at radius 1 is 0.252 bits per heavy atom. The van der Waals surface area contributed by atoms with Gasteiger partial charge in [0.25, 0.3) is 0 Å². The number of aryl methyl sites for hydroxylation is 20. The lowest BCUT2D eigenvalue weighted by Crippen LogP contribution is -2.00. The summed E-state index contributed by atoms with van der Waals surface area (Å²) in [6.45, 7) is 122. The van der Waals surface area contributed by atoms with Crippen molar-refractivity contribution >= 4 is 45.3 Å². The molecule has 0 unspecified atom stereocenters. The lowest BCUT2D eigenvalue weighted by molar-refractivity contribution is 0.455. The van der Waals surface area contributed by atoms with Crippen molar-refractivity contribution in [3.63, 3.8) is 0 Å².